The molecule has 2 fully saturated rings. The molecule has 1 spiro atoms. The molecule has 0 bridgehead atoms. The van der Waals surface area contributed by atoms with Gasteiger partial charge in [-0.15, -0.1) is 0 Å². The molecule has 2 aromatic rings. The predicted octanol–water partition coefficient (Wildman–Crippen LogP) is 4.59. The Hall–Kier alpha value is -2.31. The number of rotatable bonds is 3. The van der Waals surface area contributed by atoms with E-state index in [1.54, 1.807) is 0 Å². The van der Waals surface area contributed by atoms with Crippen molar-refractivity contribution in [1.29, 1.82) is 0 Å². The molecule has 168 valence electrons. The second-order valence-electron chi connectivity index (χ2n) is 10.9. The number of ether oxygens (including phenoxy) is 1. The van der Waals surface area contributed by atoms with Gasteiger partial charge in [0, 0.05) is 29.1 Å². The zero-order chi connectivity index (χ0) is 21.8. The summed E-state index contributed by atoms with van der Waals surface area (Å²) in [7, 11) is 0. The van der Waals surface area contributed by atoms with E-state index in [0.29, 0.717) is 12.0 Å². The van der Waals surface area contributed by atoms with Gasteiger partial charge in [-0.3, -0.25) is 0 Å². The molecule has 1 unspecified atom stereocenters. The van der Waals surface area contributed by atoms with Gasteiger partial charge in [0.2, 0.25) is 0 Å². The third-order valence-corrected chi connectivity index (χ3v) is 7.55. The van der Waals surface area contributed by atoms with Gasteiger partial charge in [0.25, 0.3) is 0 Å². The van der Waals surface area contributed by atoms with E-state index in [2.05, 4.69) is 22.7 Å². The minimum Gasteiger partial charge on any atom is -0.444 e. The van der Waals surface area contributed by atoms with E-state index in [-0.39, 0.29) is 17.6 Å². The molecular formula is C24H35N5O2. The zero-order valence-corrected chi connectivity index (χ0v) is 19.2. The summed E-state index contributed by atoms with van der Waals surface area (Å²) >= 11 is 0. The van der Waals surface area contributed by atoms with E-state index in [0.717, 1.165) is 37.1 Å². The highest BCUT2D eigenvalue weighted by molar-refractivity contribution is 5.68. The number of nitrogens with one attached hydrogen (secondary N) is 2. The quantitative estimate of drug-likeness (QED) is 0.752. The van der Waals surface area contributed by atoms with Crippen LogP contribution in [0.2, 0.25) is 0 Å². The van der Waals surface area contributed by atoms with Crippen molar-refractivity contribution in [2.24, 2.45) is 5.92 Å². The lowest BCUT2D eigenvalue weighted by molar-refractivity contribution is 0.0505. The standard InChI is InChI=1S/C24H35N5O2/c1-15-13-18-20(24(15)10-5-6-11-24)28-19-9-12-25-29(19)21(18)26-16-7-8-17(14-16)27-22(30)31-23(2,3)4/h9,12,15-17,26H,5-8,10-11,13-14H2,1-4H3,(H,27,30)/t15?,16-,17-/m0/s1. The fourth-order valence-electron chi connectivity index (χ4n) is 6.11. The van der Waals surface area contributed by atoms with Crippen molar-refractivity contribution in [3.8, 4) is 0 Å². The lowest BCUT2D eigenvalue weighted by Gasteiger charge is -2.29. The van der Waals surface area contributed by atoms with Crippen molar-refractivity contribution in [3.63, 3.8) is 0 Å². The van der Waals surface area contributed by atoms with Crippen LogP contribution in [-0.4, -0.2) is 38.4 Å². The normalized spacial score (nSPS) is 27.0. The lowest BCUT2D eigenvalue weighted by atomic mass is 9.76. The molecule has 0 radical (unpaired) electrons. The molecule has 7 heteroatoms. The first kappa shape index (κ1) is 20.6. The first-order chi connectivity index (χ1) is 14.7. The van der Waals surface area contributed by atoms with Gasteiger partial charge >= 0.3 is 6.09 Å². The highest BCUT2D eigenvalue weighted by Gasteiger charge is 2.49. The summed E-state index contributed by atoms with van der Waals surface area (Å²) < 4.78 is 7.41. The van der Waals surface area contributed by atoms with Crippen LogP contribution in [0, 0.1) is 5.92 Å². The van der Waals surface area contributed by atoms with Crippen LogP contribution < -0.4 is 10.6 Å². The first-order valence-electron chi connectivity index (χ1n) is 11.9. The minimum atomic E-state index is -0.476. The Morgan fingerprint density at radius 3 is 2.71 bits per heavy atom. The number of aromatic nitrogens is 3. The maximum Gasteiger partial charge on any atom is 0.407 e. The van der Waals surface area contributed by atoms with Crippen LogP contribution in [0.3, 0.4) is 0 Å². The van der Waals surface area contributed by atoms with E-state index < -0.39 is 5.60 Å². The molecule has 31 heavy (non-hydrogen) atoms. The number of nitrogens with zero attached hydrogens (tertiary/aromatic N) is 3. The summed E-state index contributed by atoms with van der Waals surface area (Å²) in [5.74, 6) is 1.74. The van der Waals surface area contributed by atoms with Gasteiger partial charge in [-0.1, -0.05) is 19.8 Å². The monoisotopic (exact) mass is 425 g/mol. The number of carbonyl (C=O) groups is 1. The van der Waals surface area contributed by atoms with Gasteiger partial charge in [-0.05, 0) is 65.2 Å². The smallest absolute Gasteiger partial charge is 0.407 e. The molecule has 7 nitrogen and oxygen atoms in total. The van der Waals surface area contributed by atoms with Crippen LogP contribution in [-0.2, 0) is 16.6 Å². The van der Waals surface area contributed by atoms with E-state index in [1.807, 2.05) is 37.5 Å². The number of hydrogen-bond donors (Lipinski definition) is 2. The van der Waals surface area contributed by atoms with E-state index in [4.69, 9.17) is 9.72 Å². The van der Waals surface area contributed by atoms with E-state index >= 15 is 0 Å². The van der Waals surface area contributed by atoms with Crippen LogP contribution in [0.15, 0.2) is 12.3 Å². The molecule has 0 saturated heterocycles. The van der Waals surface area contributed by atoms with Crippen molar-refractivity contribution < 1.29 is 9.53 Å². The Morgan fingerprint density at radius 1 is 1.23 bits per heavy atom. The molecule has 0 aromatic carbocycles. The summed E-state index contributed by atoms with van der Waals surface area (Å²) in [4.78, 5) is 17.3. The van der Waals surface area contributed by atoms with Crippen molar-refractivity contribution in [3.05, 3.63) is 23.5 Å². The first-order valence-corrected chi connectivity index (χ1v) is 11.9. The van der Waals surface area contributed by atoms with Gasteiger partial charge < -0.3 is 15.4 Å². The topological polar surface area (TPSA) is 80.5 Å². The Balaban J connectivity index is 1.37. The fourth-order valence-corrected chi connectivity index (χ4v) is 6.11. The van der Waals surface area contributed by atoms with Crippen LogP contribution >= 0.6 is 0 Å². The van der Waals surface area contributed by atoms with Crippen molar-refractivity contribution >= 4 is 17.6 Å². The summed E-state index contributed by atoms with van der Waals surface area (Å²) in [5, 5.41) is 11.5. The summed E-state index contributed by atoms with van der Waals surface area (Å²) in [5.41, 5.74) is 3.37. The Kier molecular flexibility index (Phi) is 4.90. The van der Waals surface area contributed by atoms with Gasteiger partial charge in [0.1, 0.15) is 11.4 Å². The molecule has 3 atom stereocenters. The fraction of sp³-hybridized carbons (Fsp3) is 0.708. The number of fused-ring (bicyclic) bond motifs is 3. The van der Waals surface area contributed by atoms with E-state index in [9.17, 15) is 4.79 Å². The van der Waals surface area contributed by atoms with Gasteiger partial charge in [0.15, 0.2) is 5.65 Å². The molecule has 5 rings (SSSR count). The average molecular weight is 426 g/mol. The number of hydrogen-bond acceptors (Lipinski definition) is 5. The molecule has 3 aliphatic carbocycles. The molecule has 3 aliphatic rings. The number of anilines is 1. The third kappa shape index (κ3) is 3.66. The largest absolute Gasteiger partial charge is 0.444 e. The van der Waals surface area contributed by atoms with E-state index in [1.165, 1.54) is 36.9 Å². The summed E-state index contributed by atoms with van der Waals surface area (Å²) in [6, 6.07) is 2.45. The highest BCUT2D eigenvalue weighted by atomic mass is 16.6. The second-order valence-corrected chi connectivity index (χ2v) is 10.9. The number of carbonyl (C=O) groups excluding carboxylic acids is 1. The number of alkyl carbamates (subject to hydrolysis) is 1. The maximum atomic E-state index is 12.2. The molecule has 1 amide bonds. The lowest BCUT2D eigenvalue weighted by Crippen LogP contribution is -2.38. The number of amides is 1. The van der Waals surface area contributed by atoms with Crippen LogP contribution in [0.5, 0.6) is 0 Å². The Bertz CT molecular complexity index is 986. The Labute approximate surface area is 184 Å². The molecule has 0 aliphatic heterocycles. The van der Waals surface area contributed by atoms with Crippen LogP contribution in [0.1, 0.15) is 83.9 Å². The molecular weight excluding hydrogens is 390 g/mol. The zero-order valence-electron chi connectivity index (χ0n) is 19.2. The van der Waals surface area contributed by atoms with Gasteiger partial charge in [-0.25, -0.2) is 9.78 Å². The third-order valence-electron chi connectivity index (χ3n) is 7.55. The minimum absolute atomic E-state index is 0.135. The van der Waals surface area contributed by atoms with Gasteiger partial charge in [-0.2, -0.15) is 9.61 Å². The van der Waals surface area contributed by atoms with Crippen molar-refractivity contribution in [2.75, 3.05) is 5.32 Å². The highest BCUT2D eigenvalue weighted by Crippen LogP contribution is 2.54. The summed E-state index contributed by atoms with van der Waals surface area (Å²) in [6.07, 6.45) is 10.6. The molecule has 2 heterocycles. The maximum absolute atomic E-state index is 12.2. The summed E-state index contributed by atoms with van der Waals surface area (Å²) in [6.45, 7) is 8.07. The predicted molar refractivity (Wildman–Crippen MR) is 120 cm³/mol. The van der Waals surface area contributed by atoms with Crippen LogP contribution in [0.25, 0.3) is 5.65 Å². The second kappa shape index (κ2) is 7.38. The Morgan fingerprint density at radius 2 is 1.97 bits per heavy atom. The molecule has 2 aromatic heterocycles. The van der Waals surface area contributed by atoms with Crippen LogP contribution in [0.4, 0.5) is 10.6 Å². The SMILES string of the molecule is CC1Cc2c(nc3ccnn3c2N[C@H]2CC[C@H](NC(=O)OC(C)(C)C)C2)C12CCCC2. The average Bonchev–Trinajstić information content (AvgIpc) is 3.44. The van der Waals surface area contributed by atoms with Gasteiger partial charge in [0.05, 0.1) is 11.9 Å². The molecule has 2 N–H and O–H groups in total. The molecule has 2 saturated carbocycles. The van der Waals surface area contributed by atoms with Crippen molar-refractivity contribution in [1.82, 2.24) is 19.9 Å². The van der Waals surface area contributed by atoms with Crippen molar-refractivity contribution in [2.45, 2.75) is 102 Å².